The first-order valence-electron chi connectivity index (χ1n) is 7.17. The molecule has 0 amide bonds. The van der Waals surface area contributed by atoms with Gasteiger partial charge in [0, 0.05) is 25.0 Å². The van der Waals surface area contributed by atoms with E-state index in [2.05, 4.69) is 30.2 Å². The Morgan fingerprint density at radius 2 is 2.05 bits per heavy atom. The molecule has 0 spiro atoms. The molecule has 0 aliphatic carbocycles. The minimum Gasteiger partial charge on any atom is -0.350 e. The van der Waals surface area contributed by atoms with Gasteiger partial charge in [-0.2, -0.15) is 15.0 Å². The van der Waals surface area contributed by atoms with Crippen LogP contribution in [0.5, 0.6) is 0 Å². The van der Waals surface area contributed by atoms with Crippen molar-refractivity contribution in [2.75, 3.05) is 25.0 Å². The average Bonchev–Trinajstić information content (AvgIpc) is 3.02. The first-order chi connectivity index (χ1) is 10.3. The maximum atomic E-state index is 6.02. The summed E-state index contributed by atoms with van der Waals surface area (Å²) in [6, 6.07) is 0.390. The Balaban J connectivity index is 1.58. The molecule has 2 aromatic rings. The predicted molar refractivity (Wildman–Crippen MR) is 78.5 cm³/mol. The van der Waals surface area contributed by atoms with E-state index >= 15 is 0 Å². The molecule has 0 saturated carbocycles. The van der Waals surface area contributed by atoms with Gasteiger partial charge in [-0.15, -0.1) is 0 Å². The normalized spacial score (nSPS) is 27.8. The molecule has 5 heterocycles. The van der Waals surface area contributed by atoms with E-state index < -0.39 is 0 Å². The van der Waals surface area contributed by atoms with Crippen LogP contribution in [-0.2, 0) is 0 Å². The van der Waals surface area contributed by atoms with E-state index in [4.69, 9.17) is 11.6 Å². The second kappa shape index (κ2) is 5.23. The second-order valence-electron chi connectivity index (χ2n) is 5.59. The van der Waals surface area contributed by atoms with Crippen LogP contribution < -0.4 is 5.32 Å². The van der Waals surface area contributed by atoms with E-state index in [0.29, 0.717) is 23.9 Å². The number of hydrogen-bond acceptors (Lipinski definition) is 6. The number of imidazole rings is 1. The highest BCUT2D eigenvalue weighted by atomic mass is 35.5. The largest absolute Gasteiger partial charge is 0.350 e. The quantitative estimate of drug-likeness (QED) is 0.919. The van der Waals surface area contributed by atoms with Crippen molar-refractivity contribution >= 4 is 17.5 Å². The average molecular weight is 306 g/mol. The van der Waals surface area contributed by atoms with E-state index in [9.17, 15) is 0 Å². The molecule has 3 saturated heterocycles. The van der Waals surface area contributed by atoms with Crippen molar-refractivity contribution in [3.05, 3.63) is 24.0 Å². The Morgan fingerprint density at radius 1 is 1.19 bits per heavy atom. The molecule has 8 heteroatoms. The number of nitrogens with one attached hydrogen (secondary N) is 1. The number of nitrogens with zero attached hydrogens (tertiary/aromatic N) is 6. The molecule has 2 aromatic heterocycles. The third-order valence-corrected chi connectivity index (χ3v) is 4.47. The molecule has 3 aliphatic heterocycles. The predicted octanol–water partition coefficient (Wildman–Crippen LogP) is 1.22. The van der Waals surface area contributed by atoms with Gasteiger partial charge in [0.1, 0.15) is 6.33 Å². The van der Waals surface area contributed by atoms with Crippen molar-refractivity contribution in [1.29, 1.82) is 0 Å². The Labute approximate surface area is 127 Å². The van der Waals surface area contributed by atoms with E-state index in [1.807, 2.05) is 0 Å². The summed E-state index contributed by atoms with van der Waals surface area (Å²) in [5, 5.41) is 3.63. The monoisotopic (exact) mass is 305 g/mol. The highest BCUT2D eigenvalue weighted by molar-refractivity contribution is 6.28. The zero-order valence-electron chi connectivity index (χ0n) is 11.5. The van der Waals surface area contributed by atoms with Gasteiger partial charge in [-0.1, -0.05) is 0 Å². The number of fused-ring (bicyclic) bond motifs is 3. The van der Waals surface area contributed by atoms with Crippen molar-refractivity contribution in [3.63, 3.8) is 0 Å². The van der Waals surface area contributed by atoms with Gasteiger partial charge in [-0.3, -0.25) is 4.57 Å². The summed E-state index contributed by atoms with van der Waals surface area (Å²) in [6.07, 6.45) is 7.58. The first kappa shape index (κ1) is 13.0. The fourth-order valence-electron chi connectivity index (χ4n) is 3.19. The van der Waals surface area contributed by atoms with Gasteiger partial charge >= 0.3 is 0 Å². The molecule has 1 unspecified atom stereocenters. The number of piperidine rings is 3. The maximum absolute atomic E-state index is 6.02. The number of rotatable bonds is 3. The van der Waals surface area contributed by atoms with Crippen molar-refractivity contribution in [2.45, 2.75) is 18.9 Å². The van der Waals surface area contributed by atoms with Crippen LogP contribution in [0.3, 0.4) is 0 Å². The lowest BCUT2D eigenvalue weighted by molar-refractivity contribution is 0.0972. The van der Waals surface area contributed by atoms with Gasteiger partial charge in [0.15, 0.2) is 0 Å². The SMILES string of the molecule is Clc1nc(NC2CN3CCC2CC3)nc(-n2ccnc2)n1. The van der Waals surface area contributed by atoms with E-state index in [1.54, 1.807) is 23.3 Å². The minimum absolute atomic E-state index is 0.192. The van der Waals surface area contributed by atoms with Gasteiger partial charge in [0.05, 0.1) is 0 Å². The Kier molecular flexibility index (Phi) is 3.23. The lowest BCUT2D eigenvalue weighted by Crippen LogP contribution is -2.53. The fraction of sp³-hybridized carbons (Fsp3) is 0.538. The summed E-state index contributed by atoms with van der Waals surface area (Å²) >= 11 is 6.02. The molecule has 0 aromatic carbocycles. The lowest BCUT2D eigenvalue weighted by Gasteiger charge is -2.44. The van der Waals surface area contributed by atoms with Gasteiger partial charge in [0.2, 0.25) is 17.2 Å². The summed E-state index contributed by atoms with van der Waals surface area (Å²) in [7, 11) is 0. The van der Waals surface area contributed by atoms with Crippen LogP contribution in [0.25, 0.3) is 5.95 Å². The highest BCUT2D eigenvalue weighted by Gasteiger charge is 2.34. The molecular weight excluding hydrogens is 290 g/mol. The molecule has 3 fully saturated rings. The van der Waals surface area contributed by atoms with E-state index in [0.717, 1.165) is 6.54 Å². The van der Waals surface area contributed by atoms with Crippen molar-refractivity contribution in [1.82, 2.24) is 29.4 Å². The molecular formula is C13H16ClN7. The standard InChI is InChI=1S/C13H16ClN7/c14-11-17-12(19-13(18-11)21-6-3-15-8-21)16-10-7-20-4-1-9(10)2-5-20/h3,6,8-10H,1-2,4-5,7H2,(H,16,17,18,19). The highest BCUT2D eigenvalue weighted by Crippen LogP contribution is 2.29. The Hall–Kier alpha value is -1.73. The summed E-state index contributed by atoms with van der Waals surface area (Å²) in [4.78, 5) is 19.3. The van der Waals surface area contributed by atoms with Gasteiger partial charge in [-0.05, 0) is 43.5 Å². The van der Waals surface area contributed by atoms with E-state index in [-0.39, 0.29) is 5.28 Å². The topological polar surface area (TPSA) is 71.8 Å². The van der Waals surface area contributed by atoms with Gasteiger partial charge in [0.25, 0.3) is 0 Å². The third kappa shape index (κ3) is 2.58. The number of anilines is 1. The summed E-state index contributed by atoms with van der Waals surface area (Å²) in [5.41, 5.74) is 0. The second-order valence-corrected chi connectivity index (χ2v) is 5.92. The fourth-order valence-corrected chi connectivity index (χ4v) is 3.35. The number of hydrogen-bond donors (Lipinski definition) is 1. The van der Waals surface area contributed by atoms with Crippen LogP contribution in [0.4, 0.5) is 5.95 Å². The molecule has 21 heavy (non-hydrogen) atoms. The Morgan fingerprint density at radius 3 is 2.71 bits per heavy atom. The molecule has 3 aliphatic rings. The molecule has 7 nitrogen and oxygen atoms in total. The molecule has 2 bridgehead atoms. The number of aromatic nitrogens is 5. The maximum Gasteiger partial charge on any atom is 0.241 e. The minimum atomic E-state index is 0.192. The molecule has 110 valence electrons. The number of halogens is 1. The van der Waals surface area contributed by atoms with Crippen LogP contribution >= 0.6 is 11.6 Å². The van der Waals surface area contributed by atoms with Crippen LogP contribution in [0.1, 0.15) is 12.8 Å². The smallest absolute Gasteiger partial charge is 0.241 e. The van der Waals surface area contributed by atoms with Gasteiger partial charge in [-0.25, -0.2) is 4.98 Å². The molecule has 0 radical (unpaired) electrons. The van der Waals surface area contributed by atoms with Crippen molar-refractivity contribution in [3.8, 4) is 5.95 Å². The Bertz CT molecular complexity index is 621. The van der Waals surface area contributed by atoms with Crippen molar-refractivity contribution in [2.24, 2.45) is 5.92 Å². The van der Waals surface area contributed by atoms with Gasteiger partial charge < -0.3 is 10.2 Å². The zero-order valence-corrected chi connectivity index (χ0v) is 12.2. The van der Waals surface area contributed by atoms with Crippen LogP contribution in [0.15, 0.2) is 18.7 Å². The zero-order chi connectivity index (χ0) is 14.2. The van der Waals surface area contributed by atoms with Crippen molar-refractivity contribution < 1.29 is 0 Å². The lowest BCUT2D eigenvalue weighted by atomic mass is 9.84. The van der Waals surface area contributed by atoms with E-state index in [1.165, 1.54) is 25.9 Å². The first-order valence-corrected chi connectivity index (χ1v) is 7.54. The molecule has 5 rings (SSSR count). The summed E-state index contributed by atoms with van der Waals surface area (Å²) in [6.45, 7) is 3.47. The summed E-state index contributed by atoms with van der Waals surface area (Å²) in [5.74, 6) is 1.72. The summed E-state index contributed by atoms with van der Waals surface area (Å²) < 4.78 is 1.72. The third-order valence-electron chi connectivity index (χ3n) is 4.30. The van der Waals surface area contributed by atoms with Crippen LogP contribution in [0.2, 0.25) is 5.28 Å². The molecule has 1 atom stereocenters. The van der Waals surface area contributed by atoms with Crippen LogP contribution in [-0.4, -0.2) is 55.1 Å². The van der Waals surface area contributed by atoms with Crippen LogP contribution in [0, 0.1) is 5.92 Å². The molecule has 1 N–H and O–H groups in total.